The van der Waals surface area contributed by atoms with Crippen LogP contribution in [0.15, 0.2) is 24.3 Å². The van der Waals surface area contributed by atoms with E-state index in [0.717, 1.165) is 52.2 Å². The van der Waals surface area contributed by atoms with E-state index in [4.69, 9.17) is 9.47 Å². The Morgan fingerprint density at radius 3 is 2.45 bits per heavy atom. The van der Waals surface area contributed by atoms with Crippen molar-refractivity contribution in [1.29, 1.82) is 0 Å². The first-order valence-electron chi connectivity index (χ1n) is 11.4. The van der Waals surface area contributed by atoms with Crippen molar-refractivity contribution in [3.05, 3.63) is 35.6 Å². The van der Waals surface area contributed by atoms with Crippen LogP contribution in [0, 0.1) is 11.7 Å². The third-order valence-electron chi connectivity index (χ3n) is 6.24. The van der Waals surface area contributed by atoms with Crippen LogP contribution in [0.5, 0.6) is 0 Å². The molecule has 2 saturated heterocycles. The highest BCUT2D eigenvalue weighted by molar-refractivity contribution is 5.94. The summed E-state index contributed by atoms with van der Waals surface area (Å²) in [7, 11) is 0. The van der Waals surface area contributed by atoms with E-state index < -0.39 is 6.10 Å². The van der Waals surface area contributed by atoms with Gasteiger partial charge in [-0.3, -0.25) is 14.6 Å². The number of amides is 1. The van der Waals surface area contributed by atoms with Gasteiger partial charge < -0.3 is 19.5 Å². The second-order valence-electron chi connectivity index (χ2n) is 8.98. The third-order valence-corrected chi connectivity index (χ3v) is 6.24. The van der Waals surface area contributed by atoms with Crippen LogP contribution >= 0.6 is 0 Å². The van der Waals surface area contributed by atoms with Crippen molar-refractivity contribution >= 4 is 5.91 Å². The van der Waals surface area contributed by atoms with Gasteiger partial charge in [0, 0.05) is 57.9 Å². The number of β-amino-alcohol motifs (C(OH)–C–C–N with tert-alkyl or cyclic N) is 1. The highest BCUT2D eigenvalue weighted by atomic mass is 19.1. The largest absolute Gasteiger partial charge is 0.390 e. The van der Waals surface area contributed by atoms with Crippen molar-refractivity contribution in [1.82, 2.24) is 14.7 Å². The molecule has 0 aromatic heterocycles. The predicted octanol–water partition coefficient (Wildman–Crippen LogP) is 1.07. The van der Waals surface area contributed by atoms with Crippen molar-refractivity contribution in [3.63, 3.8) is 0 Å². The van der Waals surface area contributed by atoms with Crippen LogP contribution in [-0.4, -0.2) is 110 Å². The van der Waals surface area contributed by atoms with Gasteiger partial charge in [-0.05, 0) is 43.0 Å². The monoisotopic (exact) mass is 435 g/mol. The molecule has 172 valence electrons. The number of carbonyl (C=O) groups excluding carboxylic acids is 1. The number of rotatable bonds is 9. The number of ether oxygens (including phenoxy) is 2. The second kappa shape index (κ2) is 10.8. The van der Waals surface area contributed by atoms with Crippen LogP contribution in [-0.2, 0) is 9.47 Å². The molecule has 1 aromatic carbocycles. The fourth-order valence-electron chi connectivity index (χ4n) is 4.37. The standard InChI is InChI=1S/C23H34FN3O4/c24-20-5-3-19(4-6-20)23(29)27(13-18-1-2-18)17-22-16-26(9-12-31-22)15-21(28)14-25-7-10-30-11-8-25/h3-6,18,21-22,28H,1-2,7-17H2/t21-,22-/m0/s1. The summed E-state index contributed by atoms with van der Waals surface area (Å²) in [5.41, 5.74) is 0.510. The summed E-state index contributed by atoms with van der Waals surface area (Å²) >= 11 is 0. The number of hydrogen-bond acceptors (Lipinski definition) is 6. The van der Waals surface area contributed by atoms with Gasteiger partial charge in [0.15, 0.2) is 0 Å². The van der Waals surface area contributed by atoms with E-state index in [9.17, 15) is 14.3 Å². The van der Waals surface area contributed by atoms with Crippen molar-refractivity contribution in [2.75, 3.05) is 72.2 Å². The molecule has 1 aromatic rings. The van der Waals surface area contributed by atoms with Crippen LogP contribution < -0.4 is 0 Å². The van der Waals surface area contributed by atoms with Crippen LogP contribution in [0.2, 0.25) is 0 Å². The fourth-order valence-corrected chi connectivity index (χ4v) is 4.37. The summed E-state index contributed by atoms with van der Waals surface area (Å²) in [6, 6.07) is 5.76. The number of nitrogens with zero attached hydrogens (tertiary/aromatic N) is 3. The number of carbonyl (C=O) groups is 1. The molecule has 1 amide bonds. The molecule has 1 aliphatic carbocycles. The topological polar surface area (TPSA) is 65.5 Å². The third kappa shape index (κ3) is 6.95. The van der Waals surface area contributed by atoms with Gasteiger partial charge in [-0.1, -0.05) is 0 Å². The van der Waals surface area contributed by atoms with Crippen molar-refractivity contribution in [2.45, 2.75) is 25.0 Å². The molecule has 0 radical (unpaired) electrons. The van der Waals surface area contributed by atoms with E-state index in [1.165, 1.54) is 12.1 Å². The molecule has 1 saturated carbocycles. The zero-order valence-corrected chi connectivity index (χ0v) is 18.1. The summed E-state index contributed by atoms with van der Waals surface area (Å²) in [4.78, 5) is 19.4. The van der Waals surface area contributed by atoms with Gasteiger partial charge in [-0.25, -0.2) is 4.39 Å². The molecule has 0 bridgehead atoms. The summed E-state index contributed by atoms with van der Waals surface area (Å²) in [5.74, 6) is 0.145. The van der Waals surface area contributed by atoms with E-state index in [1.807, 2.05) is 4.90 Å². The van der Waals surface area contributed by atoms with E-state index in [0.29, 0.717) is 44.3 Å². The molecule has 3 aliphatic rings. The van der Waals surface area contributed by atoms with Gasteiger partial charge >= 0.3 is 0 Å². The molecule has 2 atom stereocenters. The molecule has 3 fully saturated rings. The Morgan fingerprint density at radius 2 is 1.74 bits per heavy atom. The zero-order valence-electron chi connectivity index (χ0n) is 18.1. The lowest BCUT2D eigenvalue weighted by Crippen LogP contribution is -2.52. The SMILES string of the molecule is O=C(c1ccc(F)cc1)N(CC1CC1)C[C@@H]1CN(C[C@@H](O)CN2CCOCC2)CCO1. The maximum absolute atomic E-state index is 13.3. The fraction of sp³-hybridized carbons (Fsp3) is 0.696. The van der Waals surface area contributed by atoms with Gasteiger partial charge in [0.2, 0.25) is 0 Å². The molecule has 0 spiro atoms. The Morgan fingerprint density at radius 1 is 1.06 bits per heavy atom. The minimum atomic E-state index is -0.416. The van der Waals surface area contributed by atoms with Crippen LogP contribution in [0.25, 0.3) is 0 Å². The molecule has 0 unspecified atom stereocenters. The Hall–Kier alpha value is -1.58. The number of benzene rings is 1. The zero-order chi connectivity index (χ0) is 21.6. The number of hydrogen-bond donors (Lipinski definition) is 1. The van der Waals surface area contributed by atoms with Gasteiger partial charge in [-0.2, -0.15) is 0 Å². The molecule has 8 heteroatoms. The first-order chi connectivity index (χ1) is 15.1. The van der Waals surface area contributed by atoms with Crippen molar-refractivity contribution in [3.8, 4) is 0 Å². The van der Waals surface area contributed by atoms with Gasteiger partial charge in [0.25, 0.3) is 5.91 Å². The summed E-state index contributed by atoms with van der Waals surface area (Å²) in [5, 5.41) is 10.5. The normalized spacial score (nSPS) is 24.1. The minimum Gasteiger partial charge on any atom is -0.390 e. The molecule has 1 N–H and O–H groups in total. The van der Waals surface area contributed by atoms with Crippen molar-refractivity contribution < 1.29 is 23.8 Å². The average Bonchev–Trinajstić information content (AvgIpc) is 3.58. The first-order valence-corrected chi connectivity index (χ1v) is 11.4. The lowest BCUT2D eigenvalue weighted by Gasteiger charge is -2.37. The second-order valence-corrected chi connectivity index (χ2v) is 8.98. The molecule has 2 heterocycles. The van der Waals surface area contributed by atoms with Gasteiger partial charge in [0.1, 0.15) is 5.82 Å². The Labute approximate surface area is 183 Å². The van der Waals surface area contributed by atoms with E-state index in [1.54, 1.807) is 12.1 Å². The average molecular weight is 436 g/mol. The predicted molar refractivity (Wildman–Crippen MR) is 114 cm³/mol. The summed E-state index contributed by atoms with van der Waals surface area (Å²) in [6.07, 6.45) is 1.80. The van der Waals surface area contributed by atoms with Crippen molar-refractivity contribution in [2.24, 2.45) is 5.92 Å². The first kappa shape index (κ1) is 22.6. The Balaban J connectivity index is 1.30. The van der Waals surface area contributed by atoms with E-state index >= 15 is 0 Å². The van der Waals surface area contributed by atoms with Crippen LogP contribution in [0.1, 0.15) is 23.2 Å². The van der Waals surface area contributed by atoms with Gasteiger partial charge in [0.05, 0.1) is 32.0 Å². The Kier molecular flexibility index (Phi) is 7.90. The van der Waals surface area contributed by atoms with Crippen LogP contribution in [0.4, 0.5) is 4.39 Å². The van der Waals surface area contributed by atoms with Crippen LogP contribution in [0.3, 0.4) is 0 Å². The molecule has 7 nitrogen and oxygen atoms in total. The quantitative estimate of drug-likeness (QED) is 0.626. The highest BCUT2D eigenvalue weighted by Gasteiger charge is 2.31. The molecular formula is C23H34FN3O4. The van der Waals surface area contributed by atoms with E-state index in [-0.39, 0.29) is 17.8 Å². The lowest BCUT2D eigenvalue weighted by molar-refractivity contribution is -0.0557. The summed E-state index contributed by atoms with van der Waals surface area (Å²) in [6.45, 7) is 7.75. The molecule has 4 rings (SSSR count). The lowest BCUT2D eigenvalue weighted by atomic mass is 10.1. The summed E-state index contributed by atoms with van der Waals surface area (Å²) < 4.78 is 24.6. The number of aliphatic hydroxyl groups is 1. The number of morpholine rings is 2. The molecule has 31 heavy (non-hydrogen) atoms. The minimum absolute atomic E-state index is 0.0695. The molecular weight excluding hydrogens is 401 g/mol. The number of aliphatic hydroxyl groups excluding tert-OH is 1. The maximum atomic E-state index is 13.3. The van der Waals surface area contributed by atoms with E-state index in [2.05, 4.69) is 9.80 Å². The number of halogens is 1. The van der Waals surface area contributed by atoms with Gasteiger partial charge in [-0.15, -0.1) is 0 Å². The smallest absolute Gasteiger partial charge is 0.253 e. The maximum Gasteiger partial charge on any atom is 0.253 e. The highest BCUT2D eigenvalue weighted by Crippen LogP contribution is 2.30. The molecule has 2 aliphatic heterocycles. The Bertz CT molecular complexity index is 709.